The molecule has 0 radical (unpaired) electrons. The lowest BCUT2D eigenvalue weighted by Crippen LogP contribution is -2.36. The number of likely N-dealkylation sites (tertiary alicyclic amines) is 1. The molecule has 1 saturated heterocycles. The Bertz CT molecular complexity index is 378. The van der Waals surface area contributed by atoms with E-state index < -0.39 is 0 Å². The Morgan fingerprint density at radius 3 is 2.39 bits per heavy atom. The number of rotatable bonds is 3. The molecule has 0 amide bonds. The number of nitrogens with zero attached hydrogens (tertiary/aromatic N) is 1. The number of hydrogen-bond acceptors (Lipinski definition) is 2. The summed E-state index contributed by atoms with van der Waals surface area (Å²) in [5, 5.41) is 0. The van der Waals surface area contributed by atoms with E-state index in [1.165, 1.54) is 31.5 Å². The second-order valence-electron chi connectivity index (χ2n) is 5.96. The zero-order valence-electron chi connectivity index (χ0n) is 11.9. The molecule has 1 atom stereocenters. The van der Waals surface area contributed by atoms with E-state index in [-0.39, 0.29) is 0 Å². The number of nitrogens with two attached hydrogens (primary N) is 1. The number of benzene rings is 1. The van der Waals surface area contributed by atoms with Crippen LogP contribution in [0.25, 0.3) is 0 Å². The summed E-state index contributed by atoms with van der Waals surface area (Å²) in [7, 11) is 0. The van der Waals surface area contributed by atoms with Crippen LogP contribution in [0, 0.1) is 11.8 Å². The molecule has 2 nitrogen and oxygen atoms in total. The Labute approximate surface area is 111 Å². The summed E-state index contributed by atoms with van der Waals surface area (Å²) in [6.07, 6.45) is 2.68. The van der Waals surface area contributed by atoms with Gasteiger partial charge in [-0.2, -0.15) is 0 Å². The summed E-state index contributed by atoms with van der Waals surface area (Å²) < 4.78 is 0. The Hall–Kier alpha value is -1.02. The van der Waals surface area contributed by atoms with E-state index in [0.717, 1.165) is 17.5 Å². The quantitative estimate of drug-likeness (QED) is 0.824. The average molecular weight is 246 g/mol. The summed E-state index contributed by atoms with van der Waals surface area (Å²) in [5.41, 5.74) is 8.09. The van der Waals surface area contributed by atoms with Crippen LogP contribution in [0.5, 0.6) is 0 Å². The van der Waals surface area contributed by atoms with Crippen molar-refractivity contribution in [3.05, 3.63) is 29.8 Å². The van der Waals surface area contributed by atoms with E-state index in [1.807, 2.05) is 6.07 Å². The topological polar surface area (TPSA) is 29.3 Å². The van der Waals surface area contributed by atoms with E-state index >= 15 is 0 Å². The van der Waals surface area contributed by atoms with Crippen LogP contribution in [0.1, 0.15) is 45.2 Å². The Morgan fingerprint density at radius 2 is 1.83 bits per heavy atom. The lowest BCUT2D eigenvalue weighted by Gasteiger charge is -2.37. The number of nitrogen functional groups attached to an aromatic ring is 1. The molecule has 0 aromatic heterocycles. The summed E-state index contributed by atoms with van der Waals surface area (Å²) in [6.45, 7) is 9.44. The Balaban J connectivity index is 1.97. The third kappa shape index (κ3) is 3.05. The third-order valence-electron chi connectivity index (χ3n) is 4.46. The fourth-order valence-electron chi connectivity index (χ4n) is 3.00. The SMILES string of the molecule is CC(C)C1CCN(C(C)c2cccc(N)c2)CC1. The first-order valence-electron chi connectivity index (χ1n) is 7.17. The van der Waals surface area contributed by atoms with Crippen molar-refractivity contribution in [2.24, 2.45) is 11.8 Å². The molecule has 0 bridgehead atoms. The average Bonchev–Trinajstić information content (AvgIpc) is 2.38. The van der Waals surface area contributed by atoms with Crippen molar-refractivity contribution in [3.63, 3.8) is 0 Å². The van der Waals surface area contributed by atoms with Crippen LogP contribution in [-0.2, 0) is 0 Å². The minimum atomic E-state index is 0.488. The molecule has 0 spiro atoms. The normalized spacial score (nSPS) is 20.2. The molecular formula is C16H26N2. The summed E-state index contributed by atoms with van der Waals surface area (Å²) in [5.74, 6) is 1.74. The second kappa shape index (κ2) is 5.75. The van der Waals surface area contributed by atoms with Crippen LogP contribution >= 0.6 is 0 Å². The van der Waals surface area contributed by atoms with Crippen molar-refractivity contribution in [3.8, 4) is 0 Å². The Morgan fingerprint density at radius 1 is 1.17 bits per heavy atom. The number of hydrogen-bond donors (Lipinski definition) is 1. The standard InChI is InChI=1S/C16H26N2/c1-12(2)14-7-9-18(10-8-14)13(3)15-5-4-6-16(17)11-15/h4-6,11-14H,7-10,17H2,1-3H3. The van der Waals surface area contributed by atoms with Crippen LogP contribution in [0.15, 0.2) is 24.3 Å². The highest BCUT2D eigenvalue weighted by atomic mass is 15.2. The van der Waals surface area contributed by atoms with Crippen LogP contribution < -0.4 is 5.73 Å². The second-order valence-corrected chi connectivity index (χ2v) is 5.96. The molecule has 1 aliphatic rings. The largest absolute Gasteiger partial charge is 0.399 e. The van der Waals surface area contributed by atoms with Crippen molar-refractivity contribution >= 4 is 5.69 Å². The van der Waals surface area contributed by atoms with Gasteiger partial charge in [-0.05, 0) is 62.4 Å². The molecular weight excluding hydrogens is 220 g/mol. The van der Waals surface area contributed by atoms with Gasteiger partial charge in [0.25, 0.3) is 0 Å². The first kappa shape index (κ1) is 13.4. The molecule has 1 aromatic rings. The highest BCUT2D eigenvalue weighted by Crippen LogP contribution is 2.30. The van der Waals surface area contributed by atoms with Crippen molar-refractivity contribution in [1.82, 2.24) is 4.90 Å². The zero-order chi connectivity index (χ0) is 13.1. The Kier molecular flexibility index (Phi) is 4.28. The van der Waals surface area contributed by atoms with E-state index in [0.29, 0.717) is 6.04 Å². The van der Waals surface area contributed by atoms with Gasteiger partial charge in [0.2, 0.25) is 0 Å². The molecule has 1 aliphatic heterocycles. The molecule has 2 heteroatoms. The summed E-state index contributed by atoms with van der Waals surface area (Å²) in [4.78, 5) is 2.59. The highest BCUT2D eigenvalue weighted by molar-refractivity contribution is 5.41. The zero-order valence-corrected chi connectivity index (χ0v) is 11.9. The van der Waals surface area contributed by atoms with Crippen molar-refractivity contribution in [1.29, 1.82) is 0 Å². The predicted molar refractivity (Wildman–Crippen MR) is 78.4 cm³/mol. The number of anilines is 1. The summed E-state index contributed by atoms with van der Waals surface area (Å²) in [6, 6.07) is 8.81. The van der Waals surface area contributed by atoms with Crippen molar-refractivity contribution in [2.45, 2.75) is 39.7 Å². The van der Waals surface area contributed by atoms with Crippen LogP contribution in [0.2, 0.25) is 0 Å². The highest BCUT2D eigenvalue weighted by Gasteiger charge is 2.24. The lowest BCUT2D eigenvalue weighted by molar-refractivity contribution is 0.122. The van der Waals surface area contributed by atoms with Crippen molar-refractivity contribution < 1.29 is 0 Å². The van der Waals surface area contributed by atoms with Gasteiger partial charge < -0.3 is 5.73 Å². The van der Waals surface area contributed by atoms with Gasteiger partial charge >= 0.3 is 0 Å². The first-order chi connectivity index (χ1) is 8.58. The first-order valence-corrected chi connectivity index (χ1v) is 7.17. The third-order valence-corrected chi connectivity index (χ3v) is 4.46. The molecule has 0 aliphatic carbocycles. The van der Waals surface area contributed by atoms with Crippen LogP contribution in [0.4, 0.5) is 5.69 Å². The fraction of sp³-hybridized carbons (Fsp3) is 0.625. The molecule has 1 unspecified atom stereocenters. The van der Waals surface area contributed by atoms with Gasteiger partial charge in [0, 0.05) is 11.7 Å². The maximum Gasteiger partial charge on any atom is 0.0320 e. The molecule has 2 rings (SSSR count). The van der Waals surface area contributed by atoms with Gasteiger partial charge in [-0.25, -0.2) is 0 Å². The van der Waals surface area contributed by atoms with E-state index in [4.69, 9.17) is 5.73 Å². The van der Waals surface area contributed by atoms with Gasteiger partial charge in [0.05, 0.1) is 0 Å². The van der Waals surface area contributed by atoms with Crippen LogP contribution in [0.3, 0.4) is 0 Å². The molecule has 2 N–H and O–H groups in total. The molecule has 0 saturated carbocycles. The van der Waals surface area contributed by atoms with E-state index in [1.54, 1.807) is 0 Å². The minimum Gasteiger partial charge on any atom is -0.399 e. The van der Waals surface area contributed by atoms with E-state index in [9.17, 15) is 0 Å². The van der Waals surface area contributed by atoms with Gasteiger partial charge in [-0.1, -0.05) is 26.0 Å². The predicted octanol–water partition coefficient (Wildman–Crippen LogP) is 3.70. The van der Waals surface area contributed by atoms with Crippen molar-refractivity contribution in [2.75, 3.05) is 18.8 Å². The maximum atomic E-state index is 5.87. The van der Waals surface area contributed by atoms with Gasteiger partial charge in [-0.15, -0.1) is 0 Å². The lowest BCUT2D eigenvalue weighted by atomic mass is 9.86. The van der Waals surface area contributed by atoms with E-state index in [2.05, 4.69) is 43.9 Å². The number of piperidine rings is 1. The van der Waals surface area contributed by atoms with Crippen LogP contribution in [-0.4, -0.2) is 18.0 Å². The summed E-state index contributed by atoms with van der Waals surface area (Å²) >= 11 is 0. The van der Waals surface area contributed by atoms with Gasteiger partial charge in [0.15, 0.2) is 0 Å². The molecule has 1 heterocycles. The van der Waals surface area contributed by atoms with Gasteiger partial charge in [-0.3, -0.25) is 4.90 Å². The minimum absolute atomic E-state index is 0.488. The monoisotopic (exact) mass is 246 g/mol. The maximum absolute atomic E-state index is 5.87. The molecule has 1 fully saturated rings. The van der Waals surface area contributed by atoms with Gasteiger partial charge in [0.1, 0.15) is 0 Å². The smallest absolute Gasteiger partial charge is 0.0320 e. The molecule has 1 aromatic carbocycles. The fourth-order valence-corrected chi connectivity index (χ4v) is 3.00. The molecule has 18 heavy (non-hydrogen) atoms. The molecule has 100 valence electrons.